The first-order chi connectivity index (χ1) is 5.85. The monoisotopic (exact) mass is 169 g/mol. The van der Waals surface area contributed by atoms with E-state index in [-0.39, 0.29) is 0 Å². The molecule has 0 spiro atoms. The third-order valence-corrected chi connectivity index (χ3v) is 1.42. The summed E-state index contributed by atoms with van der Waals surface area (Å²) in [5.41, 5.74) is 0. The van der Waals surface area contributed by atoms with Gasteiger partial charge in [0.1, 0.15) is 0 Å². The van der Waals surface area contributed by atoms with Crippen LogP contribution in [-0.4, -0.2) is 15.0 Å². The molecule has 12 heavy (non-hydrogen) atoms. The molecule has 0 radical (unpaired) electrons. The summed E-state index contributed by atoms with van der Waals surface area (Å²) < 4.78 is 1.82. The molecule has 0 fully saturated rings. The smallest absolute Gasteiger partial charge is 0.0692 e. The Balaban J connectivity index is 0.000000261. The molecule has 0 aliphatic heterocycles. The Kier molecular flexibility index (Phi) is 7.65. The summed E-state index contributed by atoms with van der Waals surface area (Å²) in [6.07, 6.45) is 7.31. The van der Waals surface area contributed by atoms with Crippen LogP contribution in [-0.2, 0) is 6.54 Å². The van der Waals surface area contributed by atoms with Gasteiger partial charge in [0, 0.05) is 12.7 Å². The number of hydrogen-bond acceptors (Lipinski definition) is 2. The Morgan fingerprint density at radius 3 is 2.08 bits per heavy atom. The van der Waals surface area contributed by atoms with Gasteiger partial charge in [0.25, 0.3) is 0 Å². The van der Waals surface area contributed by atoms with Gasteiger partial charge in [0.2, 0.25) is 0 Å². The number of aromatic nitrogens is 3. The lowest BCUT2D eigenvalue weighted by Crippen LogP contribution is -1.96. The van der Waals surface area contributed by atoms with Crippen molar-refractivity contribution in [3.63, 3.8) is 0 Å². The van der Waals surface area contributed by atoms with E-state index in [4.69, 9.17) is 0 Å². The fourth-order valence-corrected chi connectivity index (χ4v) is 0.581. The predicted octanol–water partition coefficient (Wildman–Crippen LogP) is 2.49. The minimum absolute atomic E-state index is 0.972. The van der Waals surface area contributed by atoms with Crippen LogP contribution in [0.4, 0.5) is 0 Å². The number of unbranched alkanes of at least 4 members (excludes halogenated alkanes) is 1. The fourth-order valence-electron chi connectivity index (χ4n) is 0.581. The topological polar surface area (TPSA) is 30.7 Å². The lowest BCUT2D eigenvalue weighted by atomic mass is 10.4. The molecule has 3 heteroatoms. The van der Waals surface area contributed by atoms with Gasteiger partial charge in [-0.15, -0.1) is 5.10 Å². The van der Waals surface area contributed by atoms with Gasteiger partial charge in [-0.25, -0.2) is 0 Å². The molecule has 0 unspecified atom stereocenters. The molecule has 0 saturated carbocycles. The molecule has 1 heterocycles. The zero-order valence-electron chi connectivity index (χ0n) is 8.32. The van der Waals surface area contributed by atoms with Crippen molar-refractivity contribution in [2.24, 2.45) is 0 Å². The molecular weight excluding hydrogens is 150 g/mol. The van der Waals surface area contributed by atoms with Crippen molar-refractivity contribution in [2.75, 3.05) is 0 Å². The van der Waals surface area contributed by atoms with E-state index in [1.165, 1.54) is 12.8 Å². The van der Waals surface area contributed by atoms with Crippen LogP contribution in [0.1, 0.15) is 40.0 Å². The molecule has 0 aromatic carbocycles. The van der Waals surface area contributed by atoms with Crippen molar-refractivity contribution in [1.29, 1.82) is 0 Å². The van der Waals surface area contributed by atoms with Crippen molar-refractivity contribution in [1.82, 2.24) is 15.0 Å². The van der Waals surface area contributed by atoms with Crippen LogP contribution in [0.25, 0.3) is 0 Å². The molecule has 0 saturated heterocycles. The fraction of sp³-hybridized carbons (Fsp3) is 0.778. The summed E-state index contributed by atoms with van der Waals surface area (Å²) in [6, 6.07) is 0. The van der Waals surface area contributed by atoms with E-state index < -0.39 is 0 Å². The van der Waals surface area contributed by atoms with E-state index >= 15 is 0 Å². The maximum atomic E-state index is 3.77. The number of aryl methyl sites for hydroxylation is 1. The first kappa shape index (κ1) is 11.1. The quantitative estimate of drug-likeness (QED) is 0.696. The summed E-state index contributed by atoms with van der Waals surface area (Å²) >= 11 is 0. The highest BCUT2D eigenvalue weighted by molar-refractivity contribution is 4.62. The van der Waals surface area contributed by atoms with Crippen LogP contribution in [0.5, 0.6) is 0 Å². The third kappa shape index (κ3) is 5.89. The number of nitrogens with zero attached hydrogens (tertiary/aromatic N) is 3. The van der Waals surface area contributed by atoms with Crippen molar-refractivity contribution < 1.29 is 0 Å². The number of rotatable bonds is 3. The summed E-state index contributed by atoms with van der Waals surface area (Å²) in [5.74, 6) is 0. The molecule has 0 aliphatic rings. The molecule has 0 N–H and O–H groups in total. The average Bonchev–Trinajstić information content (AvgIpc) is 2.58. The van der Waals surface area contributed by atoms with E-state index in [2.05, 4.69) is 31.1 Å². The second-order valence-electron chi connectivity index (χ2n) is 2.67. The largest absolute Gasteiger partial charge is 0.253 e. The van der Waals surface area contributed by atoms with E-state index in [9.17, 15) is 0 Å². The molecular formula is C9H19N3. The van der Waals surface area contributed by atoms with Gasteiger partial charge >= 0.3 is 0 Å². The zero-order chi connectivity index (χ0) is 9.23. The lowest BCUT2D eigenvalue weighted by molar-refractivity contribution is 0.579. The molecule has 1 rings (SSSR count). The van der Waals surface area contributed by atoms with Gasteiger partial charge in [-0.05, 0) is 6.42 Å². The second kappa shape index (κ2) is 8.24. The molecule has 3 nitrogen and oxygen atoms in total. The van der Waals surface area contributed by atoms with Crippen LogP contribution >= 0.6 is 0 Å². The van der Waals surface area contributed by atoms with Crippen LogP contribution in [0, 0.1) is 0 Å². The van der Waals surface area contributed by atoms with Gasteiger partial charge in [0.05, 0.1) is 6.20 Å². The minimum Gasteiger partial charge on any atom is -0.253 e. The maximum Gasteiger partial charge on any atom is 0.0692 e. The van der Waals surface area contributed by atoms with Crippen LogP contribution in [0.3, 0.4) is 0 Å². The van der Waals surface area contributed by atoms with Crippen LogP contribution in [0.2, 0.25) is 0 Å². The first-order valence-electron chi connectivity index (χ1n) is 4.69. The Hall–Kier alpha value is -0.860. The number of hydrogen-bond donors (Lipinski definition) is 0. The minimum atomic E-state index is 0.972. The lowest BCUT2D eigenvalue weighted by Gasteiger charge is -1.90. The predicted molar refractivity (Wildman–Crippen MR) is 50.9 cm³/mol. The standard InChI is InChI=1S/C5H9N3.C4H10/c1-2-4-8-5-3-6-7-8;1-3-4-2/h3,5H,2,4H2,1H3;3-4H2,1-2H3. The van der Waals surface area contributed by atoms with E-state index in [1.807, 2.05) is 10.9 Å². The van der Waals surface area contributed by atoms with Gasteiger partial charge < -0.3 is 0 Å². The highest BCUT2D eigenvalue weighted by atomic mass is 15.4. The van der Waals surface area contributed by atoms with Gasteiger partial charge in [-0.3, -0.25) is 4.68 Å². The van der Waals surface area contributed by atoms with Crippen LogP contribution in [0.15, 0.2) is 12.4 Å². The third-order valence-electron chi connectivity index (χ3n) is 1.42. The van der Waals surface area contributed by atoms with Crippen LogP contribution < -0.4 is 0 Å². The summed E-state index contributed by atoms with van der Waals surface area (Å²) in [4.78, 5) is 0. The Labute approximate surface area is 74.8 Å². The van der Waals surface area contributed by atoms with Crippen molar-refractivity contribution in [2.45, 2.75) is 46.6 Å². The molecule has 1 aromatic heterocycles. The van der Waals surface area contributed by atoms with Crippen molar-refractivity contribution in [3.05, 3.63) is 12.4 Å². The first-order valence-corrected chi connectivity index (χ1v) is 4.69. The zero-order valence-corrected chi connectivity index (χ0v) is 8.32. The van der Waals surface area contributed by atoms with Gasteiger partial charge in [0.15, 0.2) is 0 Å². The summed E-state index contributed by atoms with van der Waals surface area (Å²) in [6.45, 7) is 7.45. The molecule has 70 valence electrons. The molecule has 1 aromatic rings. The van der Waals surface area contributed by atoms with Gasteiger partial charge in [-0.2, -0.15) is 0 Å². The molecule has 0 bridgehead atoms. The Morgan fingerprint density at radius 2 is 1.75 bits per heavy atom. The highest BCUT2D eigenvalue weighted by Crippen LogP contribution is 1.83. The van der Waals surface area contributed by atoms with E-state index in [0.29, 0.717) is 0 Å². The van der Waals surface area contributed by atoms with Crippen molar-refractivity contribution >= 4 is 0 Å². The molecule has 0 atom stereocenters. The molecule has 0 aliphatic carbocycles. The summed E-state index contributed by atoms with van der Waals surface area (Å²) in [5, 5.41) is 7.43. The SMILES string of the molecule is CCCC.CCCn1ccnn1. The van der Waals surface area contributed by atoms with E-state index in [0.717, 1.165) is 13.0 Å². The average molecular weight is 169 g/mol. The maximum absolute atomic E-state index is 3.77. The molecule has 0 amide bonds. The normalized spacial score (nSPS) is 8.92. The van der Waals surface area contributed by atoms with Gasteiger partial charge in [-0.1, -0.05) is 38.8 Å². The second-order valence-corrected chi connectivity index (χ2v) is 2.67. The Bertz CT molecular complexity index is 156. The van der Waals surface area contributed by atoms with Crippen molar-refractivity contribution in [3.8, 4) is 0 Å². The van der Waals surface area contributed by atoms with E-state index in [1.54, 1.807) is 6.20 Å². The Morgan fingerprint density at radius 1 is 1.08 bits per heavy atom. The summed E-state index contributed by atoms with van der Waals surface area (Å²) in [7, 11) is 0. The highest BCUT2D eigenvalue weighted by Gasteiger charge is 1.83.